The molecule has 0 fully saturated rings. The molecule has 0 aliphatic rings. The van der Waals surface area contributed by atoms with Crippen molar-refractivity contribution < 1.29 is 19.5 Å². The van der Waals surface area contributed by atoms with Crippen LogP contribution in [0.3, 0.4) is 0 Å². The predicted molar refractivity (Wildman–Crippen MR) is 105 cm³/mol. The van der Waals surface area contributed by atoms with Gasteiger partial charge in [0.15, 0.2) is 11.5 Å². The van der Waals surface area contributed by atoms with E-state index in [9.17, 15) is 4.79 Å². The average molecular weight is 384 g/mol. The Kier molecular flexibility index (Phi) is 6.05. The molecular weight excluding hydrogens is 364 g/mol. The van der Waals surface area contributed by atoms with Gasteiger partial charge in [-0.1, -0.05) is 18.2 Å². The SMILES string of the molecule is CCOc1ccc(-c2nc(-c3ccccc3C(=O)NO)cs2)cc1OCC. The average Bonchev–Trinajstić information content (AvgIpc) is 3.19. The Bertz CT molecular complexity index is 939. The molecule has 7 heteroatoms. The number of thiazole rings is 1. The van der Waals surface area contributed by atoms with Crippen LogP contribution >= 0.6 is 11.3 Å². The maximum Gasteiger partial charge on any atom is 0.275 e. The second-order valence-electron chi connectivity index (χ2n) is 5.55. The normalized spacial score (nSPS) is 10.5. The quantitative estimate of drug-likeness (QED) is 0.466. The highest BCUT2D eigenvalue weighted by molar-refractivity contribution is 7.13. The summed E-state index contributed by atoms with van der Waals surface area (Å²) in [4.78, 5) is 16.5. The van der Waals surface area contributed by atoms with E-state index in [1.165, 1.54) is 11.3 Å². The van der Waals surface area contributed by atoms with Gasteiger partial charge in [-0.25, -0.2) is 10.5 Å². The lowest BCUT2D eigenvalue weighted by atomic mass is 10.0. The van der Waals surface area contributed by atoms with E-state index in [0.717, 1.165) is 10.6 Å². The molecule has 0 aliphatic heterocycles. The van der Waals surface area contributed by atoms with Gasteiger partial charge >= 0.3 is 0 Å². The first-order chi connectivity index (χ1) is 13.2. The molecule has 0 saturated carbocycles. The first-order valence-electron chi connectivity index (χ1n) is 8.57. The highest BCUT2D eigenvalue weighted by atomic mass is 32.1. The van der Waals surface area contributed by atoms with E-state index in [2.05, 4.69) is 4.98 Å². The Morgan fingerprint density at radius 2 is 1.85 bits per heavy atom. The third kappa shape index (κ3) is 4.10. The molecule has 1 aromatic heterocycles. The van der Waals surface area contributed by atoms with Crippen molar-refractivity contribution in [1.29, 1.82) is 0 Å². The predicted octanol–water partition coefficient (Wildman–Crippen LogP) is 4.39. The van der Waals surface area contributed by atoms with Crippen molar-refractivity contribution in [3.8, 4) is 33.3 Å². The lowest BCUT2D eigenvalue weighted by Crippen LogP contribution is -2.19. The largest absolute Gasteiger partial charge is 0.490 e. The summed E-state index contributed by atoms with van der Waals surface area (Å²) >= 11 is 1.47. The van der Waals surface area contributed by atoms with Gasteiger partial charge < -0.3 is 9.47 Å². The van der Waals surface area contributed by atoms with E-state index < -0.39 is 5.91 Å². The maximum atomic E-state index is 11.9. The molecule has 0 unspecified atom stereocenters. The second kappa shape index (κ2) is 8.66. The van der Waals surface area contributed by atoms with E-state index in [0.29, 0.717) is 41.5 Å². The third-order valence-corrected chi connectivity index (χ3v) is 4.74. The molecule has 0 aliphatic carbocycles. The molecule has 140 valence electrons. The molecule has 3 aromatic rings. The summed E-state index contributed by atoms with van der Waals surface area (Å²) in [7, 11) is 0. The van der Waals surface area contributed by atoms with Crippen LogP contribution in [0.25, 0.3) is 21.8 Å². The van der Waals surface area contributed by atoms with E-state index in [1.807, 2.05) is 43.5 Å². The molecule has 0 bridgehead atoms. The van der Waals surface area contributed by atoms with Crippen LogP contribution in [0, 0.1) is 0 Å². The minimum atomic E-state index is -0.570. The van der Waals surface area contributed by atoms with E-state index >= 15 is 0 Å². The van der Waals surface area contributed by atoms with Crippen molar-refractivity contribution in [2.45, 2.75) is 13.8 Å². The van der Waals surface area contributed by atoms with Crippen molar-refractivity contribution in [2.24, 2.45) is 0 Å². The lowest BCUT2D eigenvalue weighted by Gasteiger charge is -2.11. The van der Waals surface area contributed by atoms with Gasteiger partial charge in [0, 0.05) is 16.5 Å². The number of carbonyl (C=O) groups is 1. The Labute approximate surface area is 161 Å². The van der Waals surface area contributed by atoms with Gasteiger partial charge in [0.05, 0.1) is 24.5 Å². The number of hydroxylamine groups is 1. The highest BCUT2D eigenvalue weighted by Gasteiger charge is 2.16. The minimum absolute atomic E-state index is 0.360. The zero-order valence-corrected chi connectivity index (χ0v) is 15.9. The number of nitrogens with zero attached hydrogens (tertiary/aromatic N) is 1. The number of hydrogen-bond acceptors (Lipinski definition) is 6. The molecule has 27 heavy (non-hydrogen) atoms. The second-order valence-corrected chi connectivity index (χ2v) is 6.41. The number of rotatable bonds is 7. The van der Waals surface area contributed by atoms with Crippen LogP contribution in [0.4, 0.5) is 0 Å². The van der Waals surface area contributed by atoms with Crippen LogP contribution < -0.4 is 15.0 Å². The van der Waals surface area contributed by atoms with Crippen molar-refractivity contribution in [2.75, 3.05) is 13.2 Å². The molecule has 6 nitrogen and oxygen atoms in total. The van der Waals surface area contributed by atoms with Gasteiger partial charge in [0.25, 0.3) is 5.91 Å². The van der Waals surface area contributed by atoms with Crippen LogP contribution in [-0.2, 0) is 0 Å². The Hall–Kier alpha value is -2.90. The van der Waals surface area contributed by atoms with Crippen LogP contribution in [0.2, 0.25) is 0 Å². The first kappa shape index (κ1) is 18.9. The smallest absolute Gasteiger partial charge is 0.275 e. The van der Waals surface area contributed by atoms with Gasteiger partial charge in [-0.05, 0) is 38.1 Å². The standard InChI is InChI=1S/C20H20N2O4S/c1-3-25-17-10-9-13(11-18(17)26-4-2)20-21-16(12-27-20)14-7-5-6-8-15(14)19(23)22-24/h5-12,24H,3-4H2,1-2H3,(H,22,23). The summed E-state index contributed by atoms with van der Waals surface area (Å²) in [5, 5.41) is 11.6. The number of amides is 1. The zero-order chi connectivity index (χ0) is 19.2. The Morgan fingerprint density at radius 3 is 2.59 bits per heavy atom. The van der Waals surface area contributed by atoms with Crippen LogP contribution in [-0.4, -0.2) is 29.3 Å². The van der Waals surface area contributed by atoms with Gasteiger partial charge in [-0.3, -0.25) is 10.0 Å². The minimum Gasteiger partial charge on any atom is -0.490 e. The lowest BCUT2D eigenvalue weighted by molar-refractivity contribution is 0.0707. The number of benzene rings is 2. The van der Waals surface area contributed by atoms with Gasteiger partial charge in [0.1, 0.15) is 5.01 Å². The molecule has 1 amide bonds. The number of ether oxygens (including phenoxy) is 2. The first-order valence-corrected chi connectivity index (χ1v) is 9.45. The van der Waals surface area contributed by atoms with E-state index in [4.69, 9.17) is 14.7 Å². The van der Waals surface area contributed by atoms with Gasteiger partial charge in [-0.15, -0.1) is 11.3 Å². The monoisotopic (exact) mass is 384 g/mol. The number of aromatic nitrogens is 1. The number of hydrogen-bond donors (Lipinski definition) is 2. The Morgan fingerprint density at radius 1 is 1.11 bits per heavy atom. The van der Waals surface area contributed by atoms with Crippen LogP contribution in [0.5, 0.6) is 11.5 Å². The van der Waals surface area contributed by atoms with E-state index in [-0.39, 0.29) is 0 Å². The fourth-order valence-corrected chi connectivity index (χ4v) is 3.50. The van der Waals surface area contributed by atoms with Gasteiger partial charge in [0.2, 0.25) is 0 Å². The van der Waals surface area contributed by atoms with Crippen molar-refractivity contribution in [3.05, 3.63) is 53.4 Å². The molecule has 3 rings (SSSR count). The third-order valence-electron chi connectivity index (χ3n) is 3.84. The summed E-state index contributed by atoms with van der Waals surface area (Å²) < 4.78 is 11.3. The van der Waals surface area contributed by atoms with Crippen molar-refractivity contribution in [3.63, 3.8) is 0 Å². The fraction of sp³-hybridized carbons (Fsp3) is 0.200. The molecular formula is C20H20N2O4S. The Balaban J connectivity index is 1.97. The molecule has 0 saturated heterocycles. The fourth-order valence-electron chi connectivity index (χ4n) is 2.68. The summed E-state index contributed by atoms with van der Waals surface area (Å²) in [6.45, 7) is 4.95. The van der Waals surface area contributed by atoms with Gasteiger partial charge in [-0.2, -0.15) is 0 Å². The number of carbonyl (C=O) groups excluding carboxylic acids is 1. The van der Waals surface area contributed by atoms with Crippen LogP contribution in [0.1, 0.15) is 24.2 Å². The summed E-state index contributed by atoms with van der Waals surface area (Å²) in [5.74, 6) is 0.804. The molecule has 0 spiro atoms. The zero-order valence-electron chi connectivity index (χ0n) is 15.1. The molecule has 1 heterocycles. The van der Waals surface area contributed by atoms with Crippen LogP contribution in [0.15, 0.2) is 47.8 Å². The van der Waals surface area contributed by atoms with Crippen molar-refractivity contribution in [1.82, 2.24) is 10.5 Å². The molecule has 0 radical (unpaired) electrons. The maximum absolute atomic E-state index is 11.9. The topological polar surface area (TPSA) is 80.7 Å². The summed E-state index contributed by atoms with van der Waals surface area (Å²) in [6, 6.07) is 12.7. The molecule has 2 N–H and O–H groups in total. The van der Waals surface area contributed by atoms with E-state index in [1.54, 1.807) is 23.7 Å². The highest BCUT2D eigenvalue weighted by Crippen LogP contribution is 2.36. The summed E-state index contributed by atoms with van der Waals surface area (Å²) in [6.07, 6.45) is 0. The molecule has 2 aromatic carbocycles. The summed E-state index contributed by atoms with van der Waals surface area (Å²) in [5.41, 5.74) is 4.26. The number of nitrogens with one attached hydrogen (secondary N) is 1. The molecule has 0 atom stereocenters. The van der Waals surface area contributed by atoms with Crippen molar-refractivity contribution >= 4 is 17.2 Å².